The second kappa shape index (κ2) is 18.2. The van der Waals surface area contributed by atoms with Gasteiger partial charge >= 0.3 is 11.4 Å². The van der Waals surface area contributed by atoms with Crippen molar-refractivity contribution < 1.29 is 12.9 Å². The lowest BCUT2D eigenvalue weighted by atomic mass is 10.0. The van der Waals surface area contributed by atoms with E-state index < -0.39 is 11.4 Å². The molecule has 3 nitrogen and oxygen atoms in total. The Balaban J connectivity index is 1.82. The summed E-state index contributed by atoms with van der Waals surface area (Å²) in [6.07, 6.45) is 23.3. The first kappa shape index (κ1) is 25.2. The van der Waals surface area contributed by atoms with Crippen LogP contribution in [0.3, 0.4) is 0 Å². The van der Waals surface area contributed by atoms with E-state index in [1.807, 2.05) is 12.1 Å². The number of unbranched alkanes of at least 4 members (excludes halogenated alkanes) is 15. The van der Waals surface area contributed by atoms with Gasteiger partial charge in [-0.1, -0.05) is 115 Å². The largest absolute Gasteiger partial charge is 0.380 e. The summed E-state index contributed by atoms with van der Waals surface area (Å²) in [6, 6.07) is 7.48. The zero-order valence-corrected chi connectivity index (χ0v) is 18.8. The molecule has 1 N–H and O–H groups in total. The van der Waals surface area contributed by atoms with Crippen LogP contribution in [0.25, 0.3) is 0 Å². The molecule has 0 spiro atoms. The Morgan fingerprint density at radius 3 is 1.46 bits per heavy atom. The van der Waals surface area contributed by atoms with Crippen LogP contribution in [0.5, 0.6) is 5.75 Å². The zero-order chi connectivity index (χ0) is 20.3. The summed E-state index contributed by atoms with van der Waals surface area (Å²) in [5.41, 5.74) is 1.27. The van der Waals surface area contributed by atoms with Gasteiger partial charge in [-0.3, -0.25) is 4.55 Å². The van der Waals surface area contributed by atoms with Gasteiger partial charge in [0.25, 0.3) is 0 Å². The molecule has 28 heavy (non-hydrogen) atoms. The van der Waals surface area contributed by atoms with Crippen LogP contribution in [-0.2, 0) is 17.8 Å². The molecule has 0 amide bonds. The lowest BCUT2D eigenvalue weighted by molar-refractivity contribution is 0.458. The fourth-order valence-corrected chi connectivity index (χ4v) is 3.95. The van der Waals surface area contributed by atoms with Crippen molar-refractivity contribution in [2.24, 2.45) is 0 Å². The standard InChI is InChI=1S/C24H42O3S/c1-2-3-4-5-6-7-8-9-10-11-12-13-14-15-16-17-18-23-19-21-24(22-20-23)27-28(25)26/h19-22H,2-18H2,1H3,(H,25,26). The molecule has 1 aromatic carbocycles. The molecule has 0 radical (unpaired) electrons. The van der Waals surface area contributed by atoms with Crippen LogP contribution < -0.4 is 4.18 Å². The molecule has 0 aliphatic heterocycles. The number of aryl methyl sites for hydroxylation is 1. The maximum Gasteiger partial charge on any atom is 0.357 e. The second-order valence-corrected chi connectivity index (χ2v) is 8.60. The van der Waals surface area contributed by atoms with E-state index >= 15 is 0 Å². The molecule has 0 saturated heterocycles. The monoisotopic (exact) mass is 410 g/mol. The molecule has 0 aromatic heterocycles. The van der Waals surface area contributed by atoms with Gasteiger partial charge in [-0.15, -0.1) is 0 Å². The predicted octanol–water partition coefficient (Wildman–Crippen LogP) is 8.01. The SMILES string of the molecule is CCCCCCCCCCCCCCCCCCc1ccc(OS(=O)O)cc1. The van der Waals surface area contributed by atoms with Crippen molar-refractivity contribution >= 4 is 11.4 Å². The lowest BCUT2D eigenvalue weighted by Gasteiger charge is -2.05. The highest BCUT2D eigenvalue weighted by atomic mass is 32.2. The maximum atomic E-state index is 10.6. The van der Waals surface area contributed by atoms with Crippen LogP contribution >= 0.6 is 0 Å². The highest BCUT2D eigenvalue weighted by Gasteiger charge is 1.99. The van der Waals surface area contributed by atoms with Crippen LogP contribution in [0.2, 0.25) is 0 Å². The molecular formula is C24H42O3S. The third-order valence-electron chi connectivity index (χ3n) is 5.41. The molecule has 0 fully saturated rings. The second-order valence-electron chi connectivity index (χ2n) is 8.00. The van der Waals surface area contributed by atoms with Crippen molar-refractivity contribution in [1.82, 2.24) is 0 Å². The third-order valence-corrected chi connectivity index (χ3v) is 5.74. The Morgan fingerprint density at radius 2 is 1.07 bits per heavy atom. The van der Waals surface area contributed by atoms with Crippen molar-refractivity contribution in [3.05, 3.63) is 29.8 Å². The molecule has 162 valence electrons. The van der Waals surface area contributed by atoms with E-state index in [0.717, 1.165) is 6.42 Å². The first-order valence-corrected chi connectivity index (χ1v) is 12.6. The van der Waals surface area contributed by atoms with E-state index in [9.17, 15) is 4.21 Å². The van der Waals surface area contributed by atoms with Crippen LogP contribution in [0.4, 0.5) is 0 Å². The molecule has 0 heterocycles. The summed E-state index contributed by atoms with van der Waals surface area (Å²) in [7, 11) is 0. The Morgan fingerprint density at radius 1 is 0.679 bits per heavy atom. The summed E-state index contributed by atoms with van der Waals surface area (Å²) < 4.78 is 24.0. The summed E-state index contributed by atoms with van der Waals surface area (Å²) in [5, 5.41) is 0. The van der Waals surface area contributed by atoms with Crippen molar-refractivity contribution in [1.29, 1.82) is 0 Å². The van der Waals surface area contributed by atoms with Gasteiger partial charge in [0.1, 0.15) is 5.75 Å². The quantitative estimate of drug-likeness (QED) is 0.185. The van der Waals surface area contributed by atoms with E-state index in [0.29, 0.717) is 5.75 Å². The molecule has 0 saturated carbocycles. The number of hydrogen-bond donors (Lipinski definition) is 1. The normalized spacial score (nSPS) is 12.2. The number of hydrogen-bond acceptors (Lipinski definition) is 2. The van der Waals surface area contributed by atoms with Crippen LogP contribution in [0.15, 0.2) is 24.3 Å². The minimum atomic E-state index is -2.24. The fraction of sp³-hybridized carbons (Fsp3) is 0.750. The molecule has 1 rings (SSSR count). The predicted molar refractivity (Wildman–Crippen MR) is 121 cm³/mol. The number of benzene rings is 1. The molecular weight excluding hydrogens is 368 g/mol. The molecule has 1 atom stereocenters. The van der Waals surface area contributed by atoms with Crippen LogP contribution in [-0.4, -0.2) is 8.76 Å². The molecule has 1 aromatic rings. The summed E-state index contributed by atoms with van der Waals surface area (Å²) in [5.74, 6) is 0.441. The Labute approximate surface area is 176 Å². The summed E-state index contributed by atoms with van der Waals surface area (Å²) >= 11 is -2.24. The topological polar surface area (TPSA) is 46.5 Å². The van der Waals surface area contributed by atoms with Gasteiger partial charge in [0.05, 0.1) is 0 Å². The minimum absolute atomic E-state index is 0.441. The molecule has 0 aliphatic rings. The Bertz CT molecular complexity index is 487. The molecule has 1 unspecified atom stereocenters. The van der Waals surface area contributed by atoms with Crippen molar-refractivity contribution in [2.45, 2.75) is 116 Å². The summed E-state index contributed by atoms with van der Waals surface area (Å²) in [6.45, 7) is 2.28. The van der Waals surface area contributed by atoms with Gasteiger partial charge in [0, 0.05) is 0 Å². The van der Waals surface area contributed by atoms with E-state index in [1.165, 1.54) is 108 Å². The van der Waals surface area contributed by atoms with E-state index in [1.54, 1.807) is 12.1 Å². The minimum Gasteiger partial charge on any atom is -0.380 e. The van der Waals surface area contributed by atoms with Crippen molar-refractivity contribution in [3.63, 3.8) is 0 Å². The highest BCUT2D eigenvalue weighted by Crippen LogP contribution is 2.16. The first-order valence-electron chi connectivity index (χ1n) is 11.6. The summed E-state index contributed by atoms with van der Waals surface area (Å²) in [4.78, 5) is 0. The lowest BCUT2D eigenvalue weighted by Crippen LogP contribution is -1.97. The van der Waals surface area contributed by atoms with Gasteiger partial charge in [0.2, 0.25) is 0 Å². The van der Waals surface area contributed by atoms with Crippen LogP contribution in [0.1, 0.15) is 115 Å². The smallest absolute Gasteiger partial charge is 0.357 e. The van der Waals surface area contributed by atoms with E-state index in [4.69, 9.17) is 8.74 Å². The Hall–Kier alpha value is -0.870. The van der Waals surface area contributed by atoms with Gasteiger partial charge in [-0.05, 0) is 30.5 Å². The zero-order valence-electron chi connectivity index (χ0n) is 18.0. The fourth-order valence-electron chi connectivity index (χ4n) is 3.67. The Kier molecular flexibility index (Phi) is 16.3. The van der Waals surface area contributed by atoms with Crippen LogP contribution in [0, 0.1) is 0 Å². The average Bonchev–Trinajstić information content (AvgIpc) is 2.68. The van der Waals surface area contributed by atoms with E-state index in [2.05, 4.69) is 6.92 Å². The number of rotatable bonds is 19. The first-order chi connectivity index (χ1) is 13.7. The van der Waals surface area contributed by atoms with Crippen molar-refractivity contribution in [2.75, 3.05) is 0 Å². The molecule has 4 heteroatoms. The molecule has 0 aliphatic carbocycles. The van der Waals surface area contributed by atoms with Gasteiger partial charge < -0.3 is 4.18 Å². The molecule has 0 bridgehead atoms. The van der Waals surface area contributed by atoms with Gasteiger partial charge in [-0.25, -0.2) is 0 Å². The third kappa shape index (κ3) is 15.1. The average molecular weight is 411 g/mol. The van der Waals surface area contributed by atoms with Gasteiger partial charge in [0.15, 0.2) is 0 Å². The van der Waals surface area contributed by atoms with Crippen molar-refractivity contribution in [3.8, 4) is 5.75 Å². The van der Waals surface area contributed by atoms with E-state index in [-0.39, 0.29) is 0 Å². The maximum absolute atomic E-state index is 10.6. The van der Waals surface area contributed by atoms with Gasteiger partial charge in [-0.2, -0.15) is 4.21 Å². The highest BCUT2D eigenvalue weighted by molar-refractivity contribution is 7.74.